The molecule has 0 aliphatic rings. The Bertz CT molecular complexity index is 901. The summed E-state index contributed by atoms with van der Waals surface area (Å²) in [4.78, 5) is 0. The minimum Gasteiger partial charge on any atom is -0.491 e. The minimum atomic E-state index is -1.19. The number of hydrogen-bond donors (Lipinski definition) is 0. The highest BCUT2D eigenvalue weighted by molar-refractivity contribution is 5.90. The van der Waals surface area contributed by atoms with E-state index in [1.807, 2.05) is 12.1 Å². The zero-order chi connectivity index (χ0) is 18.0. The maximum atomic E-state index is 14.6. The average Bonchev–Trinajstić information content (AvgIpc) is 2.61. The number of rotatable bonds is 5. The standard InChI is InChI=1S/C21H19F3O/c1-3-5-13-6-8-14(9-7-13)16-12-15-10-11-17(25-4-2)20(23)18(15)21(24)19(16)22/h6-12H,3-5H2,1-2H3. The van der Waals surface area contributed by atoms with E-state index in [0.29, 0.717) is 10.9 Å². The van der Waals surface area contributed by atoms with E-state index >= 15 is 0 Å². The predicted molar refractivity (Wildman–Crippen MR) is 94.4 cm³/mol. The molecule has 0 aromatic heterocycles. The highest BCUT2D eigenvalue weighted by Gasteiger charge is 2.20. The monoisotopic (exact) mass is 344 g/mol. The fourth-order valence-electron chi connectivity index (χ4n) is 2.98. The number of ether oxygens (including phenoxy) is 1. The van der Waals surface area contributed by atoms with Gasteiger partial charge in [-0.05, 0) is 42.0 Å². The molecule has 4 heteroatoms. The maximum Gasteiger partial charge on any atom is 0.175 e. The van der Waals surface area contributed by atoms with Crippen LogP contribution in [-0.2, 0) is 6.42 Å². The van der Waals surface area contributed by atoms with Gasteiger partial charge in [0.15, 0.2) is 23.2 Å². The summed E-state index contributed by atoms with van der Waals surface area (Å²) in [5, 5.41) is -0.0812. The molecule has 130 valence electrons. The SMILES string of the molecule is CCCc1ccc(-c2cc3ccc(OCC)c(F)c3c(F)c2F)cc1. The Morgan fingerprint density at radius 2 is 1.56 bits per heavy atom. The van der Waals surface area contributed by atoms with Crippen molar-refractivity contribution in [2.75, 3.05) is 6.61 Å². The van der Waals surface area contributed by atoms with E-state index in [1.165, 1.54) is 12.1 Å². The highest BCUT2D eigenvalue weighted by Crippen LogP contribution is 2.35. The first kappa shape index (κ1) is 17.3. The van der Waals surface area contributed by atoms with Crippen LogP contribution in [0.15, 0.2) is 42.5 Å². The van der Waals surface area contributed by atoms with Gasteiger partial charge in [0, 0.05) is 5.56 Å². The minimum absolute atomic E-state index is 0.0787. The van der Waals surface area contributed by atoms with Gasteiger partial charge in [-0.1, -0.05) is 43.7 Å². The summed E-state index contributed by atoms with van der Waals surface area (Å²) >= 11 is 0. The molecule has 0 bridgehead atoms. The first-order valence-electron chi connectivity index (χ1n) is 8.39. The predicted octanol–water partition coefficient (Wildman–Crippen LogP) is 6.28. The normalized spacial score (nSPS) is 11.1. The van der Waals surface area contributed by atoms with Crippen molar-refractivity contribution in [2.45, 2.75) is 26.7 Å². The summed E-state index contributed by atoms with van der Waals surface area (Å²) in [5.41, 5.74) is 1.82. The zero-order valence-corrected chi connectivity index (χ0v) is 14.2. The summed E-state index contributed by atoms with van der Waals surface area (Å²) in [6, 6.07) is 11.8. The molecule has 3 aromatic carbocycles. The van der Waals surface area contributed by atoms with Gasteiger partial charge in [0.1, 0.15) is 0 Å². The molecule has 0 fully saturated rings. The smallest absolute Gasteiger partial charge is 0.175 e. The molecule has 25 heavy (non-hydrogen) atoms. The summed E-state index contributed by atoms with van der Waals surface area (Å²) in [5.74, 6) is -3.20. The fourth-order valence-corrected chi connectivity index (χ4v) is 2.98. The molecule has 0 N–H and O–H groups in total. The molecule has 1 nitrogen and oxygen atoms in total. The zero-order valence-electron chi connectivity index (χ0n) is 14.2. The van der Waals surface area contributed by atoms with E-state index in [4.69, 9.17) is 4.74 Å². The van der Waals surface area contributed by atoms with Crippen molar-refractivity contribution in [3.63, 3.8) is 0 Å². The van der Waals surface area contributed by atoms with Crippen molar-refractivity contribution in [1.82, 2.24) is 0 Å². The molecule has 0 atom stereocenters. The summed E-state index contributed by atoms with van der Waals surface area (Å²) in [6.07, 6.45) is 1.94. The number of hydrogen-bond acceptors (Lipinski definition) is 1. The third-order valence-corrected chi connectivity index (χ3v) is 4.19. The van der Waals surface area contributed by atoms with Crippen LogP contribution in [0.4, 0.5) is 13.2 Å². The summed E-state index contributed by atoms with van der Waals surface area (Å²) in [7, 11) is 0. The van der Waals surface area contributed by atoms with Crippen LogP contribution < -0.4 is 4.74 Å². The molecule has 3 rings (SSSR count). The number of fused-ring (bicyclic) bond motifs is 1. The van der Waals surface area contributed by atoms with Crippen LogP contribution >= 0.6 is 0 Å². The summed E-state index contributed by atoms with van der Waals surface area (Å²) in [6.45, 7) is 4.03. The molecule has 0 saturated carbocycles. The Hall–Kier alpha value is -2.49. The van der Waals surface area contributed by atoms with Gasteiger partial charge in [-0.15, -0.1) is 0 Å². The van der Waals surface area contributed by atoms with Gasteiger partial charge in [-0.25, -0.2) is 13.2 Å². The Morgan fingerprint density at radius 1 is 0.840 bits per heavy atom. The van der Waals surface area contributed by atoms with Crippen LogP contribution in [0, 0.1) is 17.5 Å². The molecule has 0 aliphatic carbocycles. The average molecular weight is 344 g/mol. The lowest BCUT2D eigenvalue weighted by Crippen LogP contribution is -1.99. The second kappa shape index (κ2) is 7.18. The highest BCUT2D eigenvalue weighted by atomic mass is 19.2. The van der Waals surface area contributed by atoms with Gasteiger partial charge in [0.05, 0.1) is 12.0 Å². The van der Waals surface area contributed by atoms with Crippen molar-refractivity contribution >= 4 is 10.8 Å². The molecule has 0 unspecified atom stereocenters. The van der Waals surface area contributed by atoms with E-state index in [1.54, 1.807) is 25.1 Å². The largest absolute Gasteiger partial charge is 0.491 e. The van der Waals surface area contributed by atoms with Crippen LogP contribution in [0.25, 0.3) is 21.9 Å². The molecule has 0 heterocycles. The number of aryl methyl sites for hydroxylation is 1. The van der Waals surface area contributed by atoms with E-state index in [0.717, 1.165) is 18.4 Å². The topological polar surface area (TPSA) is 9.23 Å². The molecule has 0 spiro atoms. The molecular weight excluding hydrogens is 325 g/mol. The van der Waals surface area contributed by atoms with E-state index in [2.05, 4.69) is 6.92 Å². The third kappa shape index (κ3) is 3.21. The lowest BCUT2D eigenvalue weighted by molar-refractivity contribution is 0.322. The fraction of sp³-hybridized carbons (Fsp3) is 0.238. The Labute approximate surface area is 145 Å². The van der Waals surface area contributed by atoms with Gasteiger partial charge in [0.2, 0.25) is 0 Å². The first-order chi connectivity index (χ1) is 12.1. The van der Waals surface area contributed by atoms with E-state index in [9.17, 15) is 13.2 Å². The van der Waals surface area contributed by atoms with Gasteiger partial charge in [0.25, 0.3) is 0 Å². The second-order valence-electron chi connectivity index (χ2n) is 5.91. The lowest BCUT2D eigenvalue weighted by Gasteiger charge is -2.12. The Kier molecular flexibility index (Phi) is 4.98. The van der Waals surface area contributed by atoms with Crippen molar-refractivity contribution < 1.29 is 17.9 Å². The van der Waals surface area contributed by atoms with Crippen molar-refractivity contribution in [2.24, 2.45) is 0 Å². The molecule has 0 amide bonds. The van der Waals surface area contributed by atoms with Crippen molar-refractivity contribution in [3.05, 3.63) is 65.5 Å². The quantitative estimate of drug-likeness (QED) is 0.529. The number of halogens is 3. The van der Waals surface area contributed by atoms with Crippen LogP contribution in [0.3, 0.4) is 0 Å². The molecular formula is C21H19F3O. The van der Waals surface area contributed by atoms with E-state index in [-0.39, 0.29) is 23.3 Å². The van der Waals surface area contributed by atoms with Gasteiger partial charge >= 0.3 is 0 Å². The van der Waals surface area contributed by atoms with Gasteiger partial charge < -0.3 is 4.74 Å². The maximum absolute atomic E-state index is 14.6. The molecule has 0 saturated heterocycles. The lowest BCUT2D eigenvalue weighted by atomic mass is 9.98. The first-order valence-corrected chi connectivity index (χ1v) is 8.39. The molecule has 3 aromatic rings. The number of benzene rings is 3. The second-order valence-corrected chi connectivity index (χ2v) is 5.91. The van der Waals surface area contributed by atoms with Crippen LogP contribution in [0.5, 0.6) is 5.75 Å². The van der Waals surface area contributed by atoms with Crippen LogP contribution in [-0.4, -0.2) is 6.61 Å². The van der Waals surface area contributed by atoms with Gasteiger partial charge in [-0.2, -0.15) is 0 Å². The van der Waals surface area contributed by atoms with E-state index < -0.39 is 17.5 Å². The Morgan fingerprint density at radius 3 is 2.20 bits per heavy atom. The summed E-state index contributed by atoms with van der Waals surface area (Å²) < 4.78 is 48.7. The van der Waals surface area contributed by atoms with Crippen LogP contribution in [0.1, 0.15) is 25.8 Å². The van der Waals surface area contributed by atoms with Crippen molar-refractivity contribution in [1.29, 1.82) is 0 Å². The molecule has 0 aliphatic heterocycles. The van der Waals surface area contributed by atoms with Gasteiger partial charge in [-0.3, -0.25) is 0 Å². The Balaban J connectivity index is 2.14. The third-order valence-electron chi connectivity index (χ3n) is 4.19. The van der Waals surface area contributed by atoms with Crippen molar-refractivity contribution in [3.8, 4) is 16.9 Å². The van der Waals surface area contributed by atoms with Crippen LogP contribution in [0.2, 0.25) is 0 Å². The molecule has 0 radical (unpaired) electrons.